The monoisotopic (exact) mass is 552 g/mol. The average molecular weight is 553 g/mol. The summed E-state index contributed by atoms with van der Waals surface area (Å²) in [6.07, 6.45) is 6.48. The maximum Gasteiger partial charge on any atom is 0.312 e. The average Bonchev–Trinajstić information content (AvgIpc) is 3.55. The number of carbonyl (C=O) groups excluding carboxylic acids is 3. The fraction of sp³-hybridized carbons (Fsp3) is 0.594. The maximum atomic E-state index is 14.7. The summed E-state index contributed by atoms with van der Waals surface area (Å²) >= 11 is 0. The molecule has 218 valence electrons. The molecule has 6 atom stereocenters. The molecule has 1 aromatic carbocycles. The summed E-state index contributed by atoms with van der Waals surface area (Å²) in [7, 11) is 0. The van der Waals surface area contributed by atoms with Crippen molar-refractivity contribution in [3.63, 3.8) is 0 Å². The molecule has 40 heavy (non-hydrogen) atoms. The molecule has 8 nitrogen and oxygen atoms in total. The topological polar surface area (TPSA) is 96.4 Å². The highest BCUT2D eigenvalue weighted by Crippen LogP contribution is 2.59. The first kappa shape index (κ1) is 30.0. The van der Waals surface area contributed by atoms with E-state index in [2.05, 4.69) is 13.2 Å². The molecule has 1 N–H and O–H groups in total. The zero-order valence-corrected chi connectivity index (χ0v) is 24.3. The molecule has 1 spiro atoms. The number of fused-ring (bicyclic) bond motifs is 1. The summed E-state index contributed by atoms with van der Waals surface area (Å²) in [6.45, 7) is 15.6. The van der Waals surface area contributed by atoms with Crippen LogP contribution in [0.2, 0.25) is 0 Å². The van der Waals surface area contributed by atoms with E-state index in [-0.39, 0.29) is 37.5 Å². The molecule has 0 aliphatic carbocycles. The summed E-state index contributed by atoms with van der Waals surface area (Å²) in [5, 5.41) is 10.4. The van der Waals surface area contributed by atoms with E-state index in [1.807, 2.05) is 52.0 Å². The molecule has 0 saturated carbocycles. The number of unbranched alkanes of at least 4 members (excludes halogenated alkanes) is 2. The zero-order valence-electron chi connectivity index (χ0n) is 24.3. The van der Waals surface area contributed by atoms with Crippen molar-refractivity contribution in [1.29, 1.82) is 0 Å². The minimum absolute atomic E-state index is 0.125. The highest BCUT2D eigenvalue weighted by atomic mass is 16.6. The van der Waals surface area contributed by atoms with Crippen LogP contribution in [0.1, 0.15) is 57.1 Å². The van der Waals surface area contributed by atoms with E-state index < -0.39 is 41.6 Å². The smallest absolute Gasteiger partial charge is 0.312 e. The summed E-state index contributed by atoms with van der Waals surface area (Å²) in [5.74, 6) is -2.79. The quantitative estimate of drug-likeness (QED) is 0.225. The Bertz CT molecular complexity index is 1130. The van der Waals surface area contributed by atoms with Crippen LogP contribution in [0.3, 0.4) is 0 Å². The highest BCUT2D eigenvalue weighted by molar-refractivity contribution is 6.05. The Kier molecular flexibility index (Phi) is 9.20. The van der Waals surface area contributed by atoms with E-state index in [0.29, 0.717) is 19.3 Å². The van der Waals surface area contributed by atoms with Crippen LogP contribution in [0.15, 0.2) is 43.5 Å². The first-order valence-electron chi connectivity index (χ1n) is 14.5. The fourth-order valence-corrected chi connectivity index (χ4v) is 7.07. The normalized spacial score (nSPS) is 27.6. The third kappa shape index (κ3) is 5.00. The molecule has 8 heteroatoms. The van der Waals surface area contributed by atoms with Crippen molar-refractivity contribution in [3.05, 3.63) is 54.6 Å². The van der Waals surface area contributed by atoms with Gasteiger partial charge in [-0.3, -0.25) is 14.4 Å². The minimum atomic E-state index is -1.16. The summed E-state index contributed by atoms with van der Waals surface area (Å²) in [6, 6.07) is 4.25. The molecular formula is C32H44N2O6. The molecule has 4 rings (SSSR count). The fourth-order valence-electron chi connectivity index (χ4n) is 7.07. The Hall–Kier alpha value is -2.97. The third-order valence-electron chi connectivity index (χ3n) is 8.89. The molecule has 3 heterocycles. The Morgan fingerprint density at radius 2 is 1.93 bits per heavy atom. The van der Waals surface area contributed by atoms with Crippen LogP contribution in [0, 0.1) is 31.6 Å². The number of benzene rings is 1. The number of hydrogen-bond acceptors (Lipinski definition) is 6. The van der Waals surface area contributed by atoms with Gasteiger partial charge in [-0.25, -0.2) is 0 Å². The number of aliphatic hydroxyl groups is 1. The van der Waals surface area contributed by atoms with Gasteiger partial charge in [-0.05, 0) is 63.0 Å². The van der Waals surface area contributed by atoms with Gasteiger partial charge in [0.25, 0.3) is 5.91 Å². The highest BCUT2D eigenvalue weighted by Gasteiger charge is 2.75. The number of amides is 2. The summed E-state index contributed by atoms with van der Waals surface area (Å²) in [4.78, 5) is 45.6. The van der Waals surface area contributed by atoms with Gasteiger partial charge < -0.3 is 24.4 Å². The van der Waals surface area contributed by atoms with Crippen molar-refractivity contribution in [1.82, 2.24) is 4.90 Å². The molecule has 0 aromatic heterocycles. The van der Waals surface area contributed by atoms with Crippen LogP contribution < -0.4 is 4.90 Å². The van der Waals surface area contributed by atoms with Crippen LogP contribution in [0.5, 0.6) is 0 Å². The minimum Gasteiger partial charge on any atom is -0.465 e. The van der Waals surface area contributed by atoms with Gasteiger partial charge in [0.05, 0.1) is 37.2 Å². The number of esters is 1. The lowest BCUT2D eigenvalue weighted by molar-refractivity contribution is -0.156. The number of carbonyl (C=O) groups is 3. The number of rotatable bonds is 13. The van der Waals surface area contributed by atoms with Gasteiger partial charge in [0, 0.05) is 12.2 Å². The molecule has 2 bridgehead atoms. The number of likely N-dealkylation sites (tertiary alicyclic amines) is 1. The summed E-state index contributed by atoms with van der Waals surface area (Å²) < 4.78 is 12.2. The van der Waals surface area contributed by atoms with Crippen LogP contribution in [-0.2, 0) is 23.9 Å². The van der Waals surface area contributed by atoms with E-state index in [1.165, 1.54) is 4.90 Å². The van der Waals surface area contributed by atoms with Gasteiger partial charge in [-0.1, -0.05) is 44.2 Å². The van der Waals surface area contributed by atoms with E-state index in [4.69, 9.17) is 9.47 Å². The second-order valence-electron chi connectivity index (χ2n) is 11.7. The largest absolute Gasteiger partial charge is 0.465 e. The number of para-hydroxylation sites is 1. The predicted octanol–water partition coefficient (Wildman–Crippen LogP) is 4.11. The van der Waals surface area contributed by atoms with Crippen LogP contribution in [-0.4, -0.2) is 71.3 Å². The SMILES string of the molecule is C=CCCCCOC(=O)[C@@H]1[C@@H]2CCC3(O2)C(C(=O)N(CC=C)c2c(C)cccc2C)N([C@@H](CO)C(C)C)C(=O)[C@H]13. The van der Waals surface area contributed by atoms with E-state index in [9.17, 15) is 19.5 Å². The second kappa shape index (κ2) is 12.3. The van der Waals surface area contributed by atoms with Gasteiger partial charge in [0.2, 0.25) is 5.91 Å². The first-order chi connectivity index (χ1) is 19.1. The molecule has 3 aliphatic heterocycles. The van der Waals surface area contributed by atoms with Gasteiger partial charge in [-0.2, -0.15) is 0 Å². The number of nitrogens with zero attached hydrogens (tertiary/aromatic N) is 2. The van der Waals surface area contributed by atoms with E-state index >= 15 is 0 Å². The molecule has 2 amide bonds. The summed E-state index contributed by atoms with van der Waals surface area (Å²) in [5.41, 5.74) is 1.46. The lowest BCUT2D eigenvalue weighted by atomic mass is 9.70. The Morgan fingerprint density at radius 3 is 2.52 bits per heavy atom. The van der Waals surface area contributed by atoms with Crippen LogP contribution in [0.25, 0.3) is 0 Å². The lowest BCUT2D eigenvalue weighted by Gasteiger charge is -2.41. The molecule has 1 aromatic rings. The number of hydrogen-bond donors (Lipinski definition) is 1. The molecule has 3 saturated heterocycles. The molecular weight excluding hydrogens is 508 g/mol. The molecule has 0 radical (unpaired) electrons. The number of anilines is 1. The molecule has 2 unspecified atom stereocenters. The van der Waals surface area contributed by atoms with Crippen LogP contribution >= 0.6 is 0 Å². The van der Waals surface area contributed by atoms with Gasteiger partial charge in [-0.15, -0.1) is 13.2 Å². The van der Waals surface area contributed by atoms with E-state index in [0.717, 1.165) is 29.7 Å². The standard InChI is InChI=1S/C32H44N2O6/c1-7-9-10-11-18-39-31(38)25-24-15-16-32(40-24)26(25)29(36)34(23(19-35)20(3)4)28(32)30(37)33(17-8-2)27-21(5)13-12-14-22(27)6/h7-8,12-14,20,23-26,28,35H,1-2,9-11,15-19H2,3-6H3/t23-,24-,25+,26-,28?,32?/m0/s1. The molecule has 3 aliphatic rings. The van der Waals surface area contributed by atoms with Crippen molar-refractivity contribution < 1.29 is 29.0 Å². The van der Waals surface area contributed by atoms with Gasteiger partial charge in [0.15, 0.2) is 0 Å². The number of allylic oxidation sites excluding steroid dienone is 1. The number of aryl methyl sites for hydroxylation is 2. The van der Waals surface area contributed by atoms with E-state index in [1.54, 1.807) is 11.0 Å². The Labute approximate surface area is 238 Å². The Balaban J connectivity index is 1.75. The maximum absolute atomic E-state index is 14.7. The van der Waals surface area contributed by atoms with Crippen molar-refractivity contribution in [2.45, 2.75) is 83.6 Å². The second-order valence-corrected chi connectivity index (χ2v) is 11.7. The van der Waals surface area contributed by atoms with Crippen molar-refractivity contribution >= 4 is 23.5 Å². The third-order valence-corrected chi connectivity index (χ3v) is 8.89. The van der Waals surface area contributed by atoms with Gasteiger partial charge >= 0.3 is 5.97 Å². The van der Waals surface area contributed by atoms with Crippen molar-refractivity contribution in [2.24, 2.45) is 17.8 Å². The predicted molar refractivity (Wildman–Crippen MR) is 154 cm³/mol. The number of aliphatic hydroxyl groups excluding tert-OH is 1. The van der Waals surface area contributed by atoms with Gasteiger partial charge in [0.1, 0.15) is 11.6 Å². The molecule has 3 fully saturated rings. The zero-order chi connectivity index (χ0) is 29.2. The van der Waals surface area contributed by atoms with Crippen molar-refractivity contribution in [2.75, 3.05) is 24.7 Å². The Morgan fingerprint density at radius 1 is 1.23 bits per heavy atom. The van der Waals surface area contributed by atoms with Crippen molar-refractivity contribution in [3.8, 4) is 0 Å². The number of ether oxygens (including phenoxy) is 2. The van der Waals surface area contributed by atoms with Crippen LogP contribution in [0.4, 0.5) is 5.69 Å². The first-order valence-corrected chi connectivity index (χ1v) is 14.5. The lowest BCUT2D eigenvalue weighted by Crippen LogP contribution is -2.60.